The molecule has 18 heavy (non-hydrogen) atoms. The maximum absolute atomic E-state index is 5.57. The molecule has 0 bridgehead atoms. The van der Waals surface area contributed by atoms with Crippen LogP contribution in [-0.4, -0.2) is 24.5 Å². The van der Waals surface area contributed by atoms with Crippen LogP contribution in [0, 0.1) is 0 Å². The summed E-state index contributed by atoms with van der Waals surface area (Å²) in [6.45, 7) is 11.8. The Labute approximate surface area is 112 Å². The van der Waals surface area contributed by atoms with Crippen molar-refractivity contribution in [3.63, 3.8) is 0 Å². The second-order valence-corrected chi connectivity index (χ2v) is 4.77. The van der Waals surface area contributed by atoms with Gasteiger partial charge in [-0.15, -0.1) is 0 Å². The van der Waals surface area contributed by atoms with Crippen molar-refractivity contribution in [3.05, 3.63) is 23.7 Å². The van der Waals surface area contributed by atoms with Crippen LogP contribution in [0.2, 0.25) is 0 Å². The molecule has 0 spiro atoms. The molecule has 3 heteroatoms. The van der Waals surface area contributed by atoms with E-state index in [4.69, 9.17) is 4.42 Å². The summed E-state index contributed by atoms with van der Waals surface area (Å²) in [6.07, 6.45) is 5.50. The number of nitrogens with one attached hydrogen (secondary N) is 1. The second kappa shape index (κ2) is 9.17. The second-order valence-electron chi connectivity index (χ2n) is 4.77. The SMILES string of the molecule is CCCCN(CC)Cc1ccoc1CNCCC. The highest BCUT2D eigenvalue weighted by atomic mass is 16.3. The Morgan fingerprint density at radius 3 is 2.72 bits per heavy atom. The standard InChI is InChI=1S/C15H28N2O/c1-4-7-10-17(6-3)13-14-8-11-18-15(14)12-16-9-5-2/h8,11,16H,4-7,9-10,12-13H2,1-3H3. The Bertz CT molecular complexity index is 309. The summed E-state index contributed by atoms with van der Waals surface area (Å²) in [6, 6.07) is 2.11. The number of furan rings is 1. The van der Waals surface area contributed by atoms with Gasteiger partial charge in [-0.2, -0.15) is 0 Å². The molecule has 1 N–H and O–H groups in total. The number of rotatable bonds is 10. The van der Waals surface area contributed by atoms with Crippen molar-refractivity contribution in [2.45, 2.75) is 53.1 Å². The highest BCUT2D eigenvalue weighted by molar-refractivity contribution is 5.16. The van der Waals surface area contributed by atoms with Gasteiger partial charge in [-0.3, -0.25) is 4.90 Å². The highest BCUT2D eigenvalue weighted by Gasteiger charge is 2.09. The average Bonchev–Trinajstić information content (AvgIpc) is 2.82. The molecule has 0 amide bonds. The lowest BCUT2D eigenvalue weighted by atomic mass is 10.2. The largest absolute Gasteiger partial charge is 0.468 e. The van der Waals surface area contributed by atoms with E-state index in [1.54, 1.807) is 0 Å². The summed E-state index contributed by atoms with van der Waals surface area (Å²) < 4.78 is 5.57. The Balaban J connectivity index is 2.46. The third-order valence-electron chi connectivity index (χ3n) is 3.22. The third-order valence-corrected chi connectivity index (χ3v) is 3.22. The van der Waals surface area contributed by atoms with E-state index in [1.165, 1.54) is 24.9 Å². The van der Waals surface area contributed by atoms with E-state index in [0.717, 1.165) is 38.4 Å². The zero-order valence-electron chi connectivity index (χ0n) is 12.2. The van der Waals surface area contributed by atoms with Gasteiger partial charge in [-0.05, 0) is 38.5 Å². The van der Waals surface area contributed by atoms with E-state index >= 15 is 0 Å². The number of nitrogens with zero attached hydrogens (tertiary/aromatic N) is 1. The van der Waals surface area contributed by atoms with Crippen LogP contribution in [0.3, 0.4) is 0 Å². The molecule has 104 valence electrons. The molecule has 1 aromatic heterocycles. The van der Waals surface area contributed by atoms with Gasteiger partial charge in [0.25, 0.3) is 0 Å². The first-order valence-electron chi connectivity index (χ1n) is 7.30. The molecule has 1 rings (SSSR count). The Hall–Kier alpha value is -0.800. The van der Waals surface area contributed by atoms with Crippen LogP contribution in [0.1, 0.15) is 51.4 Å². The minimum absolute atomic E-state index is 0.849. The first-order chi connectivity index (χ1) is 8.81. The van der Waals surface area contributed by atoms with Crippen LogP contribution in [0.15, 0.2) is 16.7 Å². The van der Waals surface area contributed by atoms with Gasteiger partial charge in [-0.25, -0.2) is 0 Å². The van der Waals surface area contributed by atoms with Crippen molar-refractivity contribution in [2.24, 2.45) is 0 Å². The fraction of sp³-hybridized carbons (Fsp3) is 0.733. The maximum Gasteiger partial charge on any atom is 0.122 e. The quantitative estimate of drug-likeness (QED) is 0.647. The predicted molar refractivity (Wildman–Crippen MR) is 76.6 cm³/mol. The van der Waals surface area contributed by atoms with Gasteiger partial charge in [0.05, 0.1) is 12.8 Å². The van der Waals surface area contributed by atoms with Crippen LogP contribution in [0.5, 0.6) is 0 Å². The predicted octanol–water partition coefficient (Wildman–Crippen LogP) is 3.40. The smallest absolute Gasteiger partial charge is 0.122 e. The lowest BCUT2D eigenvalue weighted by Crippen LogP contribution is -2.24. The highest BCUT2D eigenvalue weighted by Crippen LogP contribution is 2.13. The van der Waals surface area contributed by atoms with Crippen LogP contribution in [0.4, 0.5) is 0 Å². The van der Waals surface area contributed by atoms with Gasteiger partial charge in [-0.1, -0.05) is 27.2 Å². The van der Waals surface area contributed by atoms with Crippen molar-refractivity contribution < 1.29 is 4.42 Å². The minimum Gasteiger partial charge on any atom is -0.468 e. The van der Waals surface area contributed by atoms with Crippen molar-refractivity contribution in [1.82, 2.24) is 10.2 Å². The molecular weight excluding hydrogens is 224 g/mol. The molecule has 0 saturated heterocycles. The van der Waals surface area contributed by atoms with E-state index in [0.29, 0.717) is 0 Å². The molecule has 1 aromatic rings. The number of unbranched alkanes of at least 4 members (excludes halogenated alkanes) is 1. The molecule has 0 atom stereocenters. The lowest BCUT2D eigenvalue weighted by Gasteiger charge is -2.19. The van der Waals surface area contributed by atoms with Crippen LogP contribution in [0.25, 0.3) is 0 Å². The summed E-state index contributed by atoms with van der Waals surface area (Å²) in [5.74, 6) is 1.10. The molecule has 0 aromatic carbocycles. The van der Waals surface area contributed by atoms with E-state index in [-0.39, 0.29) is 0 Å². The van der Waals surface area contributed by atoms with Crippen LogP contribution < -0.4 is 5.32 Å². The minimum atomic E-state index is 0.849. The van der Waals surface area contributed by atoms with Crippen LogP contribution >= 0.6 is 0 Å². The fourth-order valence-corrected chi connectivity index (χ4v) is 2.01. The number of hydrogen-bond acceptors (Lipinski definition) is 3. The molecular formula is C15H28N2O. The van der Waals surface area contributed by atoms with Gasteiger partial charge >= 0.3 is 0 Å². The third kappa shape index (κ3) is 5.23. The molecule has 3 nitrogen and oxygen atoms in total. The normalized spacial score (nSPS) is 11.3. The van der Waals surface area contributed by atoms with Crippen molar-refractivity contribution in [3.8, 4) is 0 Å². The van der Waals surface area contributed by atoms with Gasteiger partial charge in [0.2, 0.25) is 0 Å². The molecule has 1 heterocycles. The molecule has 0 saturated carbocycles. The maximum atomic E-state index is 5.57. The fourth-order valence-electron chi connectivity index (χ4n) is 2.01. The van der Waals surface area contributed by atoms with Gasteiger partial charge in [0.15, 0.2) is 0 Å². The van der Waals surface area contributed by atoms with Crippen LogP contribution in [-0.2, 0) is 13.1 Å². The van der Waals surface area contributed by atoms with Crippen molar-refractivity contribution >= 4 is 0 Å². The topological polar surface area (TPSA) is 28.4 Å². The Kier molecular flexibility index (Phi) is 7.78. The molecule has 0 aliphatic carbocycles. The summed E-state index contributed by atoms with van der Waals surface area (Å²) >= 11 is 0. The van der Waals surface area contributed by atoms with Gasteiger partial charge in [0.1, 0.15) is 5.76 Å². The number of hydrogen-bond donors (Lipinski definition) is 1. The average molecular weight is 252 g/mol. The van der Waals surface area contributed by atoms with E-state index in [2.05, 4.69) is 37.1 Å². The van der Waals surface area contributed by atoms with Gasteiger partial charge in [0, 0.05) is 12.1 Å². The van der Waals surface area contributed by atoms with E-state index in [1.807, 2.05) is 6.26 Å². The van der Waals surface area contributed by atoms with Gasteiger partial charge < -0.3 is 9.73 Å². The molecule has 0 aliphatic heterocycles. The summed E-state index contributed by atoms with van der Waals surface area (Å²) in [4.78, 5) is 2.48. The summed E-state index contributed by atoms with van der Waals surface area (Å²) in [5.41, 5.74) is 1.33. The first kappa shape index (κ1) is 15.3. The zero-order chi connectivity index (χ0) is 13.2. The molecule has 0 aliphatic rings. The molecule has 0 unspecified atom stereocenters. The van der Waals surface area contributed by atoms with Crippen molar-refractivity contribution in [1.29, 1.82) is 0 Å². The summed E-state index contributed by atoms with van der Waals surface area (Å²) in [7, 11) is 0. The first-order valence-corrected chi connectivity index (χ1v) is 7.30. The van der Waals surface area contributed by atoms with E-state index < -0.39 is 0 Å². The zero-order valence-corrected chi connectivity index (χ0v) is 12.2. The summed E-state index contributed by atoms with van der Waals surface area (Å²) in [5, 5.41) is 3.40. The monoisotopic (exact) mass is 252 g/mol. The Morgan fingerprint density at radius 2 is 2.06 bits per heavy atom. The van der Waals surface area contributed by atoms with Crippen molar-refractivity contribution in [2.75, 3.05) is 19.6 Å². The molecule has 0 radical (unpaired) electrons. The molecule has 0 fully saturated rings. The van der Waals surface area contributed by atoms with E-state index in [9.17, 15) is 0 Å². The Morgan fingerprint density at radius 1 is 1.22 bits per heavy atom. The lowest BCUT2D eigenvalue weighted by molar-refractivity contribution is 0.272.